The largest absolute Gasteiger partial charge is 0.333 e. The van der Waals surface area contributed by atoms with Crippen molar-refractivity contribution in [2.24, 2.45) is 0 Å². The lowest BCUT2D eigenvalue weighted by atomic mass is 9.91. The summed E-state index contributed by atoms with van der Waals surface area (Å²) >= 11 is 0. The summed E-state index contributed by atoms with van der Waals surface area (Å²) in [6.07, 6.45) is 7.16. The molecule has 2 unspecified atom stereocenters. The standard InChI is InChI=1S/C38H27N3S/c39-26-28-15-19-32(20-16-28)42(31-11-5-2-6-12-31,33-21-17-29(27-40)18-22-33)34-23-24-38-36(25-34)35-13-7-8-14-37(35)41(38)30-9-3-1-4-10-30/h1-25,36,38H. The molecule has 7 rings (SSSR count). The third kappa shape index (κ3) is 4.05. The minimum absolute atomic E-state index is 0.156. The van der Waals surface area contributed by atoms with Crippen LogP contribution in [0.5, 0.6) is 0 Å². The number of hydrogen-bond donors (Lipinski definition) is 0. The summed E-state index contributed by atoms with van der Waals surface area (Å²) in [6, 6.07) is 50.9. The summed E-state index contributed by atoms with van der Waals surface area (Å²) in [7, 11) is -1.97. The van der Waals surface area contributed by atoms with Crippen molar-refractivity contribution in [2.75, 3.05) is 4.90 Å². The monoisotopic (exact) mass is 557 g/mol. The summed E-state index contributed by atoms with van der Waals surface area (Å²) in [4.78, 5) is 7.21. The van der Waals surface area contributed by atoms with E-state index in [1.807, 2.05) is 24.3 Å². The van der Waals surface area contributed by atoms with Crippen LogP contribution in [0.4, 0.5) is 11.4 Å². The summed E-state index contributed by atoms with van der Waals surface area (Å²) in [6.45, 7) is 0. The molecule has 0 amide bonds. The highest BCUT2D eigenvalue weighted by atomic mass is 32.3. The van der Waals surface area contributed by atoms with Crippen LogP contribution in [0.25, 0.3) is 0 Å². The molecule has 0 N–H and O–H groups in total. The number of hydrogen-bond acceptors (Lipinski definition) is 3. The topological polar surface area (TPSA) is 50.8 Å². The van der Waals surface area contributed by atoms with Gasteiger partial charge in [0.15, 0.2) is 0 Å². The van der Waals surface area contributed by atoms with E-state index in [1.165, 1.54) is 26.7 Å². The zero-order valence-electron chi connectivity index (χ0n) is 22.8. The Morgan fingerprint density at radius 3 is 1.69 bits per heavy atom. The van der Waals surface area contributed by atoms with Gasteiger partial charge in [-0.1, -0.05) is 72.8 Å². The fourth-order valence-corrected chi connectivity index (χ4v) is 10.2. The van der Waals surface area contributed by atoms with E-state index in [2.05, 4.69) is 144 Å². The van der Waals surface area contributed by atoms with Gasteiger partial charge in [-0.05, 0) is 89.3 Å². The molecule has 1 heterocycles. The van der Waals surface area contributed by atoms with Crippen LogP contribution < -0.4 is 4.90 Å². The lowest BCUT2D eigenvalue weighted by Gasteiger charge is -2.44. The van der Waals surface area contributed by atoms with Crippen molar-refractivity contribution in [3.05, 3.63) is 173 Å². The lowest BCUT2D eigenvalue weighted by molar-refractivity contribution is 0.743. The van der Waals surface area contributed by atoms with Crippen LogP contribution in [0.1, 0.15) is 22.6 Å². The van der Waals surface area contributed by atoms with Gasteiger partial charge in [0, 0.05) is 32.0 Å². The van der Waals surface area contributed by atoms with Gasteiger partial charge in [-0.2, -0.15) is 10.5 Å². The predicted molar refractivity (Wildman–Crippen MR) is 170 cm³/mol. The molecule has 0 bridgehead atoms. The molecule has 0 fully saturated rings. The molecule has 0 spiro atoms. The average molecular weight is 558 g/mol. The molecule has 0 saturated carbocycles. The van der Waals surface area contributed by atoms with Crippen molar-refractivity contribution in [2.45, 2.75) is 26.6 Å². The molecular weight excluding hydrogens is 531 g/mol. The minimum Gasteiger partial charge on any atom is -0.333 e. The molecule has 42 heavy (non-hydrogen) atoms. The molecule has 4 heteroatoms. The van der Waals surface area contributed by atoms with Gasteiger partial charge >= 0.3 is 0 Å². The van der Waals surface area contributed by atoms with Crippen LogP contribution >= 0.6 is 10.0 Å². The van der Waals surface area contributed by atoms with Crippen molar-refractivity contribution in [1.82, 2.24) is 0 Å². The molecule has 5 aromatic carbocycles. The van der Waals surface area contributed by atoms with Gasteiger partial charge in [0.05, 0.1) is 29.3 Å². The number of allylic oxidation sites excluding steroid dienone is 1. The third-order valence-corrected chi connectivity index (χ3v) is 12.1. The normalized spacial score (nSPS) is 17.4. The van der Waals surface area contributed by atoms with Gasteiger partial charge < -0.3 is 4.90 Å². The average Bonchev–Trinajstić information content (AvgIpc) is 3.40. The second-order valence-electron chi connectivity index (χ2n) is 10.4. The Balaban J connectivity index is 1.49. The van der Waals surface area contributed by atoms with Crippen LogP contribution in [0.15, 0.2) is 171 Å². The van der Waals surface area contributed by atoms with Gasteiger partial charge in [-0.3, -0.25) is 0 Å². The molecular formula is C38H27N3S. The molecule has 1 aliphatic carbocycles. The van der Waals surface area contributed by atoms with E-state index < -0.39 is 10.0 Å². The second-order valence-corrected chi connectivity index (χ2v) is 13.5. The highest BCUT2D eigenvalue weighted by Gasteiger charge is 2.42. The molecule has 200 valence electrons. The quantitative estimate of drug-likeness (QED) is 0.216. The summed E-state index contributed by atoms with van der Waals surface area (Å²) in [5.74, 6) is 0.161. The first kappa shape index (κ1) is 25.7. The summed E-state index contributed by atoms with van der Waals surface area (Å²) in [5, 5.41) is 19.2. The number of para-hydroxylation sites is 2. The third-order valence-electron chi connectivity index (χ3n) is 8.18. The molecule has 1 aliphatic heterocycles. The van der Waals surface area contributed by atoms with E-state index >= 15 is 0 Å². The first-order valence-corrected chi connectivity index (χ1v) is 15.6. The highest BCUT2D eigenvalue weighted by Crippen LogP contribution is 2.74. The zero-order chi connectivity index (χ0) is 28.5. The van der Waals surface area contributed by atoms with E-state index in [0.29, 0.717) is 11.1 Å². The Labute approximate surface area is 248 Å². The first-order chi connectivity index (χ1) is 20.7. The van der Waals surface area contributed by atoms with Gasteiger partial charge in [-0.15, -0.1) is 10.0 Å². The number of benzene rings is 5. The molecule has 3 nitrogen and oxygen atoms in total. The maximum Gasteiger partial charge on any atom is 0.0991 e. The van der Waals surface area contributed by atoms with Crippen LogP contribution in [-0.2, 0) is 0 Å². The van der Waals surface area contributed by atoms with Crippen LogP contribution in [0, 0.1) is 22.7 Å². The molecule has 0 saturated heterocycles. The fourth-order valence-electron chi connectivity index (χ4n) is 6.33. The number of rotatable bonds is 5. The molecule has 5 aromatic rings. The van der Waals surface area contributed by atoms with Gasteiger partial charge in [0.2, 0.25) is 0 Å². The van der Waals surface area contributed by atoms with Crippen LogP contribution in [0.3, 0.4) is 0 Å². The minimum atomic E-state index is -1.97. The SMILES string of the molecule is N#Cc1ccc(S(C2=CC3c4ccccc4N(c4ccccc4)C3C=C2)(c2ccccc2)c2ccc(C#N)cc2)cc1. The van der Waals surface area contributed by atoms with Crippen molar-refractivity contribution < 1.29 is 0 Å². The molecule has 2 aliphatic rings. The van der Waals surface area contributed by atoms with Gasteiger partial charge in [0.25, 0.3) is 0 Å². The first-order valence-electron chi connectivity index (χ1n) is 14.0. The molecule has 2 atom stereocenters. The van der Waals surface area contributed by atoms with E-state index in [9.17, 15) is 10.5 Å². The second kappa shape index (κ2) is 10.6. The molecule has 0 aromatic heterocycles. The summed E-state index contributed by atoms with van der Waals surface area (Å²) < 4.78 is 0. The van der Waals surface area contributed by atoms with Crippen LogP contribution in [-0.4, -0.2) is 6.04 Å². The Bertz CT molecular complexity index is 1840. The molecule has 0 radical (unpaired) electrons. The van der Waals surface area contributed by atoms with Gasteiger partial charge in [0.1, 0.15) is 0 Å². The Morgan fingerprint density at radius 2 is 1.10 bits per heavy atom. The Hall–Kier alpha value is -5.29. The van der Waals surface area contributed by atoms with Crippen molar-refractivity contribution in [3.8, 4) is 12.1 Å². The van der Waals surface area contributed by atoms with E-state index in [0.717, 1.165) is 9.79 Å². The van der Waals surface area contributed by atoms with Crippen molar-refractivity contribution in [3.63, 3.8) is 0 Å². The lowest BCUT2D eigenvalue weighted by Crippen LogP contribution is -2.29. The summed E-state index contributed by atoms with van der Waals surface area (Å²) in [5.41, 5.74) is 5.00. The van der Waals surface area contributed by atoms with Crippen molar-refractivity contribution >= 4 is 21.4 Å². The maximum atomic E-state index is 9.59. The van der Waals surface area contributed by atoms with E-state index in [1.54, 1.807) is 0 Å². The van der Waals surface area contributed by atoms with E-state index in [-0.39, 0.29) is 12.0 Å². The Kier molecular flexibility index (Phi) is 6.48. The maximum absolute atomic E-state index is 9.59. The van der Waals surface area contributed by atoms with E-state index in [4.69, 9.17) is 0 Å². The number of nitrogens with zero attached hydrogens (tertiary/aromatic N) is 3. The van der Waals surface area contributed by atoms with Crippen LogP contribution in [0.2, 0.25) is 0 Å². The van der Waals surface area contributed by atoms with Gasteiger partial charge in [-0.25, -0.2) is 0 Å². The zero-order valence-corrected chi connectivity index (χ0v) is 23.7. The number of anilines is 2. The smallest absolute Gasteiger partial charge is 0.0991 e. The highest BCUT2D eigenvalue weighted by molar-refractivity contribution is 8.37. The number of fused-ring (bicyclic) bond motifs is 3. The Morgan fingerprint density at radius 1 is 0.571 bits per heavy atom. The fraction of sp³-hybridized carbons (Fsp3) is 0.0526. The predicted octanol–water partition coefficient (Wildman–Crippen LogP) is 9.47. The van der Waals surface area contributed by atoms with Crippen molar-refractivity contribution in [1.29, 1.82) is 10.5 Å². The number of nitriles is 2.